The summed E-state index contributed by atoms with van der Waals surface area (Å²) in [6.07, 6.45) is 3.33. The van der Waals surface area contributed by atoms with Crippen molar-refractivity contribution in [3.05, 3.63) is 41.2 Å². The van der Waals surface area contributed by atoms with Crippen LogP contribution < -0.4 is 11.1 Å². The van der Waals surface area contributed by atoms with E-state index in [4.69, 9.17) is 5.73 Å². The first-order valence-electron chi connectivity index (χ1n) is 7.63. The molecule has 0 saturated heterocycles. The Balaban J connectivity index is 2.25. The number of nitrogens with zero attached hydrogens (tertiary/aromatic N) is 3. The van der Waals surface area contributed by atoms with Crippen LogP contribution in [-0.2, 0) is 24.2 Å². The van der Waals surface area contributed by atoms with Gasteiger partial charge < -0.3 is 11.1 Å². The highest BCUT2D eigenvalue weighted by Crippen LogP contribution is 2.23. The van der Waals surface area contributed by atoms with Gasteiger partial charge in [0.1, 0.15) is 6.04 Å². The lowest BCUT2D eigenvalue weighted by Crippen LogP contribution is -2.27. The number of nitrogens with one attached hydrogen (secondary N) is 1. The molecule has 0 saturated carbocycles. The van der Waals surface area contributed by atoms with Crippen molar-refractivity contribution in [2.75, 3.05) is 5.32 Å². The number of carbonyl (C=O) groups is 1. The molecular formula is C16H23N5O. The van der Waals surface area contributed by atoms with E-state index in [1.807, 2.05) is 18.2 Å². The van der Waals surface area contributed by atoms with Gasteiger partial charge in [-0.1, -0.05) is 37.3 Å². The van der Waals surface area contributed by atoms with Gasteiger partial charge in [-0.15, -0.1) is 5.10 Å². The fourth-order valence-electron chi connectivity index (χ4n) is 2.48. The number of amides is 1. The van der Waals surface area contributed by atoms with Gasteiger partial charge in [-0.25, -0.2) is 4.68 Å². The summed E-state index contributed by atoms with van der Waals surface area (Å²) in [4.78, 5) is 12.6. The van der Waals surface area contributed by atoms with Gasteiger partial charge in [0.15, 0.2) is 0 Å². The zero-order valence-electron chi connectivity index (χ0n) is 13.3. The fraction of sp³-hybridized carbons (Fsp3) is 0.438. The minimum absolute atomic E-state index is 0.115. The van der Waals surface area contributed by atoms with E-state index in [1.165, 1.54) is 0 Å². The van der Waals surface area contributed by atoms with Crippen molar-refractivity contribution in [3.63, 3.8) is 0 Å². The number of nitrogens with two attached hydrogens (primary N) is 1. The minimum Gasteiger partial charge on any atom is -0.325 e. The molecule has 3 N–H and O–H groups in total. The summed E-state index contributed by atoms with van der Waals surface area (Å²) in [5.74, 6) is -0.115. The van der Waals surface area contributed by atoms with Crippen LogP contribution in [0.5, 0.6) is 0 Å². The predicted octanol–water partition coefficient (Wildman–Crippen LogP) is 2.06. The number of para-hydroxylation sites is 1. The summed E-state index contributed by atoms with van der Waals surface area (Å²) in [6, 6.07) is 5.65. The minimum atomic E-state index is -0.462. The molecule has 6 nitrogen and oxygen atoms in total. The molecular weight excluding hydrogens is 278 g/mol. The molecule has 0 fully saturated rings. The maximum atomic E-state index is 12.6. The van der Waals surface area contributed by atoms with Crippen LogP contribution in [0.2, 0.25) is 0 Å². The van der Waals surface area contributed by atoms with Crippen LogP contribution in [0.3, 0.4) is 0 Å². The topological polar surface area (TPSA) is 85.8 Å². The Bertz CT molecular complexity index is 627. The summed E-state index contributed by atoms with van der Waals surface area (Å²) in [7, 11) is 0. The summed E-state index contributed by atoms with van der Waals surface area (Å²) in [5, 5.41) is 10.8. The lowest BCUT2D eigenvalue weighted by molar-refractivity contribution is -0.119. The highest BCUT2D eigenvalue weighted by molar-refractivity contribution is 5.95. The lowest BCUT2D eigenvalue weighted by atomic mass is 10.0. The summed E-state index contributed by atoms with van der Waals surface area (Å²) in [6.45, 7) is 6.26. The van der Waals surface area contributed by atoms with Crippen molar-refractivity contribution in [2.24, 2.45) is 5.73 Å². The van der Waals surface area contributed by atoms with E-state index in [1.54, 1.807) is 17.8 Å². The third kappa shape index (κ3) is 3.17. The van der Waals surface area contributed by atoms with Crippen molar-refractivity contribution in [2.45, 2.75) is 46.2 Å². The maximum Gasteiger partial charge on any atom is 0.249 e. The van der Waals surface area contributed by atoms with Gasteiger partial charge in [0.2, 0.25) is 5.91 Å². The normalized spacial score (nSPS) is 12.2. The molecule has 1 aromatic heterocycles. The molecule has 1 unspecified atom stereocenters. The first-order chi connectivity index (χ1) is 10.6. The van der Waals surface area contributed by atoms with Crippen LogP contribution in [0.4, 0.5) is 5.69 Å². The van der Waals surface area contributed by atoms with Gasteiger partial charge in [-0.2, -0.15) is 0 Å². The molecule has 0 radical (unpaired) electrons. The highest BCUT2D eigenvalue weighted by atomic mass is 16.2. The van der Waals surface area contributed by atoms with Gasteiger partial charge >= 0.3 is 0 Å². The van der Waals surface area contributed by atoms with Crippen LogP contribution >= 0.6 is 0 Å². The number of hydrogen-bond donors (Lipinski definition) is 2. The molecule has 0 bridgehead atoms. The van der Waals surface area contributed by atoms with Crippen LogP contribution in [-0.4, -0.2) is 20.9 Å². The van der Waals surface area contributed by atoms with Crippen molar-refractivity contribution in [1.82, 2.24) is 15.0 Å². The van der Waals surface area contributed by atoms with E-state index < -0.39 is 6.04 Å². The van der Waals surface area contributed by atoms with E-state index in [0.717, 1.165) is 35.3 Å². The molecule has 0 aliphatic rings. The standard InChI is InChI=1S/C16H23N5O/c1-4-12-7-6-8-13(5-2)15(12)19-16(22)11(3)21-14(9-17)10-18-20-21/h6-8,10-11H,4-5,9,17H2,1-3H3,(H,19,22). The van der Waals surface area contributed by atoms with Gasteiger partial charge in [-0.05, 0) is 30.9 Å². The molecule has 6 heteroatoms. The number of carbonyl (C=O) groups excluding carboxylic acids is 1. The van der Waals surface area contributed by atoms with Crippen LogP contribution in [0.1, 0.15) is 43.6 Å². The molecule has 0 aliphatic heterocycles. The van der Waals surface area contributed by atoms with Gasteiger partial charge in [0, 0.05) is 12.2 Å². The average molecular weight is 301 g/mol. The van der Waals surface area contributed by atoms with Crippen LogP contribution in [0, 0.1) is 0 Å². The number of hydrogen-bond acceptors (Lipinski definition) is 4. The molecule has 2 rings (SSSR count). The van der Waals surface area contributed by atoms with E-state index in [9.17, 15) is 4.79 Å². The monoisotopic (exact) mass is 301 g/mol. The second kappa shape index (κ2) is 7.17. The largest absolute Gasteiger partial charge is 0.325 e. The summed E-state index contributed by atoms with van der Waals surface area (Å²) < 4.78 is 1.56. The van der Waals surface area contributed by atoms with Crippen molar-refractivity contribution in [3.8, 4) is 0 Å². The van der Waals surface area contributed by atoms with Crippen LogP contribution in [0.15, 0.2) is 24.4 Å². The van der Waals surface area contributed by atoms with Crippen molar-refractivity contribution < 1.29 is 4.79 Å². The number of aryl methyl sites for hydroxylation is 2. The first kappa shape index (κ1) is 16.2. The average Bonchev–Trinajstić information content (AvgIpc) is 3.02. The van der Waals surface area contributed by atoms with Crippen LogP contribution in [0.25, 0.3) is 0 Å². The Kier molecular flexibility index (Phi) is 5.27. The Morgan fingerprint density at radius 3 is 2.50 bits per heavy atom. The smallest absolute Gasteiger partial charge is 0.249 e. The third-order valence-electron chi connectivity index (χ3n) is 3.85. The van der Waals surface area contributed by atoms with Crippen molar-refractivity contribution >= 4 is 11.6 Å². The van der Waals surface area contributed by atoms with E-state index in [2.05, 4.69) is 29.5 Å². The Hall–Kier alpha value is -2.21. The Morgan fingerprint density at radius 1 is 1.32 bits per heavy atom. The second-order valence-electron chi connectivity index (χ2n) is 5.20. The molecule has 0 spiro atoms. The number of anilines is 1. The fourth-order valence-corrected chi connectivity index (χ4v) is 2.48. The summed E-state index contributed by atoms with van der Waals surface area (Å²) >= 11 is 0. The van der Waals surface area contributed by atoms with Gasteiger partial charge in [-0.3, -0.25) is 4.79 Å². The SMILES string of the molecule is CCc1cccc(CC)c1NC(=O)C(C)n1nncc1CN. The van der Waals surface area contributed by atoms with E-state index >= 15 is 0 Å². The zero-order chi connectivity index (χ0) is 16.1. The van der Waals surface area contributed by atoms with Gasteiger partial charge in [0.25, 0.3) is 0 Å². The molecule has 118 valence electrons. The quantitative estimate of drug-likeness (QED) is 0.855. The molecule has 0 aliphatic carbocycles. The Labute approximate surface area is 130 Å². The number of benzene rings is 1. The molecule has 1 heterocycles. The third-order valence-corrected chi connectivity index (χ3v) is 3.85. The van der Waals surface area contributed by atoms with E-state index in [0.29, 0.717) is 6.54 Å². The molecule has 22 heavy (non-hydrogen) atoms. The number of rotatable bonds is 6. The van der Waals surface area contributed by atoms with Crippen molar-refractivity contribution in [1.29, 1.82) is 0 Å². The number of aromatic nitrogens is 3. The molecule has 1 aromatic carbocycles. The van der Waals surface area contributed by atoms with Gasteiger partial charge in [0.05, 0.1) is 11.9 Å². The molecule has 1 atom stereocenters. The second-order valence-corrected chi connectivity index (χ2v) is 5.20. The Morgan fingerprint density at radius 2 is 1.95 bits per heavy atom. The van der Waals surface area contributed by atoms with E-state index in [-0.39, 0.29) is 5.91 Å². The lowest BCUT2D eigenvalue weighted by Gasteiger charge is -2.18. The molecule has 2 aromatic rings. The summed E-state index contributed by atoms with van der Waals surface area (Å²) in [5.41, 5.74) is 9.57. The molecule has 1 amide bonds. The maximum absolute atomic E-state index is 12.6. The zero-order valence-corrected chi connectivity index (χ0v) is 13.3. The highest BCUT2D eigenvalue weighted by Gasteiger charge is 2.20. The predicted molar refractivity (Wildman–Crippen MR) is 86.5 cm³/mol. The first-order valence-corrected chi connectivity index (χ1v) is 7.63.